The van der Waals surface area contributed by atoms with Gasteiger partial charge in [0.15, 0.2) is 0 Å². The molecule has 1 heterocycles. The van der Waals surface area contributed by atoms with E-state index in [2.05, 4.69) is 23.8 Å². The van der Waals surface area contributed by atoms with Gasteiger partial charge in [0, 0.05) is 9.90 Å². The van der Waals surface area contributed by atoms with Crippen LogP contribution in [-0.2, 0) is 12.8 Å². The monoisotopic (exact) mass is 280 g/mol. The Hall–Kier alpha value is -0.870. The van der Waals surface area contributed by atoms with E-state index in [-0.39, 0.29) is 6.04 Å². The number of nitrogens with two attached hydrogens (primary N) is 1. The van der Waals surface area contributed by atoms with Crippen molar-refractivity contribution in [1.29, 1.82) is 0 Å². The van der Waals surface area contributed by atoms with Crippen LogP contribution in [0.25, 0.3) is 0 Å². The Morgan fingerprint density at radius 1 is 1.28 bits per heavy atom. The number of rotatable bonds is 5. The van der Waals surface area contributed by atoms with Gasteiger partial charge in [-0.15, -0.1) is 11.3 Å². The van der Waals surface area contributed by atoms with Gasteiger partial charge in [0.05, 0.1) is 6.04 Å². The van der Waals surface area contributed by atoms with Crippen molar-refractivity contribution >= 4 is 22.9 Å². The highest BCUT2D eigenvalue weighted by atomic mass is 35.5. The van der Waals surface area contributed by atoms with E-state index in [0.29, 0.717) is 0 Å². The number of aryl methyl sites for hydroxylation is 1. The van der Waals surface area contributed by atoms with Crippen molar-refractivity contribution in [1.82, 2.24) is 5.43 Å². The third-order valence-corrected chi connectivity index (χ3v) is 4.50. The van der Waals surface area contributed by atoms with Crippen LogP contribution in [-0.4, -0.2) is 0 Å². The first-order chi connectivity index (χ1) is 8.76. The summed E-state index contributed by atoms with van der Waals surface area (Å²) >= 11 is 7.94. The molecule has 0 spiro atoms. The zero-order valence-electron chi connectivity index (χ0n) is 10.3. The summed E-state index contributed by atoms with van der Waals surface area (Å²) in [5.41, 5.74) is 5.39. The minimum atomic E-state index is 0.125. The molecule has 0 fully saturated rings. The Morgan fingerprint density at radius 2 is 2.06 bits per heavy atom. The lowest BCUT2D eigenvalue weighted by Crippen LogP contribution is -2.29. The first-order valence-corrected chi connectivity index (χ1v) is 7.27. The molecular formula is C14H17ClN2S. The van der Waals surface area contributed by atoms with Gasteiger partial charge in [-0.1, -0.05) is 36.7 Å². The fourth-order valence-corrected chi connectivity index (χ4v) is 3.33. The molecular weight excluding hydrogens is 264 g/mol. The predicted molar refractivity (Wildman–Crippen MR) is 78.9 cm³/mol. The van der Waals surface area contributed by atoms with Crippen molar-refractivity contribution in [2.24, 2.45) is 5.84 Å². The highest BCUT2D eigenvalue weighted by Crippen LogP contribution is 2.29. The van der Waals surface area contributed by atoms with E-state index >= 15 is 0 Å². The van der Waals surface area contributed by atoms with E-state index in [0.717, 1.165) is 23.4 Å². The van der Waals surface area contributed by atoms with Gasteiger partial charge in [0.25, 0.3) is 0 Å². The van der Waals surface area contributed by atoms with Crippen LogP contribution in [0.1, 0.15) is 29.0 Å². The van der Waals surface area contributed by atoms with Gasteiger partial charge < -0.3 is 0 Å². The standard InChI is InChI=1S/C14H17ClN2S/c1-2-10-7-8-18-14(10)13(17-16)9-11-5-3-4-6-12(11)15/h3-8,13,17H,2,9,16H2,1H3. The number of thiophene rings is 1. The predicted octanol–water partition coefficient (Wildman–Crippen LogP) is 3.71. The molecule has 0 saturated carbocycles. The molecule has 0 bridgehead atoms. The van der Waals surface area contributed by atoms with E-state index in [4.69, 9.17) is 17.4 Å². The fourth-order valence-electron chi connectivity index (χ4n) is 2.06. The molecule has 4 heteroatoms. The molecule has 0 aliphatic carbocycles. The fraction of sp³-hybridized carbons (Fsp3) is 0.286. The molecule has 18 heavy (non-hydrogen) atoms. The Kier molecular flexibility index (Phi) is 4.78. The smallest absolute Gasteiger partial charge is 0.0596 e. The number of benzene rings is 1. The first-order valence-electron chi connectivity index (χ1n) is 6.02. The van der Waals surface area contributed by atoms with Crippen LogP contribution in [0.2, 0.25) is 5.02 Å². The van der Waals surface area contributed by atoms with Crippen molar-refractivity contribution in [3.8, 4) is 0 Å². The van der Waals surface area contributed by atoms with Crippen LogP contribution in [0, 0.1) is 0 Å². The van der Waals surface area contributed by atoms with E-state index in [1.165, 1.54) is 10.4 Å². The summed E-state index contributed by atoms with van der Waals surface area (Å²) in [5, 5.41) is 2.91. The second-order valence-electron chi connectivity index (χ2n) is 4.18. The van der Waals surface area contributed by atoms with Gasteiger partial charge in [-0.05, 0) is 41.5 Å². The lowest BCUT2D eigenvalue weighted by molar-refractivity contribution is 0.557. The van der Waals surface area contributed by atoms with Gasteiger partial charge in [0.1, 0.15) is 0 Å². The van der Waals surface area contributed by atoms with Crippen LogP contribution in [0.5, 0.6) is 0 Å². The molecule has 0 aliphatic rings. The molecule has 0 saturated heterocycles. The number of hydrogen-bond acceptors (Lipinski definition) is 3. The van der Waals surface area contributed by atoms with Crippen LogP contribution in [0.3, 0.4) is 0 Å². The Balaban J connectivity index is 2.23. The van der Waals surface area contributed by atoms with Gasteiger partial charge in [-0.2, -0.15) is 0 Å². The summed E-state index contributed by atoms with van der Waals surface area (Å²) in [6.45, 7) is 2.16. The minimum absolute atomic E-state index is 0.125. The maximum atomic E-state index is 6.20. The van der Waals surface area contributed by atoms with E-state index in [1.54, 1.807) is 11.3 Å². The third kappa shape index (κ3) is 2.93. The normalized spacial score (nSPS) is 12.6. The molecule has 2 rings (SSSR count). The van der Waals surface area contributed by atoms with Crippen LogP contribution < -0.4 is 11.3 Å². The zero-order valence-corrected chi connectivity index (χ0v) is 11.9. The molecule has 96 valence electrons. The van der Waals surface area contributed by atoms with Crippen molar-refractivity contribution in [3.05, 3.63) is 56.7 Å². The van der Waals surface area contributed by atoms with Crippen LogP contribution in [0.4, 0.5) is 0 Å². The lowest BCUT2D eigenvalue weighted by Gasteiger charge is -2.17. The summed E-state index contributed by atoms with van der Waals surface area (Å²) < 4.78 is 0. The largest absolute Gasteiger partial charge is 0.271 e. The SMILES string of the molecule is CCc1ccsc1C(Cc1ccccc1Cl)NN. The van der Waals surface area contributed by atoms with Gasteiger partial charge in [-0.3, -0.25) is 11.3 Å². The van der Waals surface area contributed by atoms with E-state index in [1.807, 2.05) is 24.3 Å². The van der Waals surface area contributed by atoms with Gasteiger partial charge >= 0.3 is 0 Å². The summed E-state index contributed by atoms with van der Waals surface area (Å²) in [7, 11) is 0. The van der Waals surface area contributed by atoms with Crippen LogP contribution in [0.15, 0.2) is 35.7 Å². The number of hydrazine groups is 1. The molecule has 1 aromatic heterocycles. The summed E-state index contributed by atoms with van der Waals surface area (Å²) in [4.78, 5) is 1.31. The quantitative estimate of drug-likeness (QED) is 0.647. The molecule has 0 aliphatic heterocycles. The molecule has 1 aromatic carbocycles. The zero-order chi connectivity index (χ0) is 13.0. The molecule has 1 atom stereocenters. The van der Waals surface area contributed by atoms with Gasteiger partial charge in [0.2, 0.25) is 0 Å². The minimum Gasteiger partial charge on any atom is -0.271 e. The van der Waals surface area contributed by atoms with E-state index in [9.17, 15) is 0 Å². The van der Waals surface area contributed by atoms with Crippen molar-refractivity contribution in [2.75, 3.05) is 0 Å². The Labute approximate surface area is 117 Å². The second kappa shape index (κ2) is 6.34. The molecule has 0 radical (unpaired) electrons. The summed E-state index contributed by atoms with van der Waals surface area (Å²) in [6, 6.07) is 10.2. The number of nitrogens with one attached hydrogen (secondary N) is 1. The molecule has 2 aromatic rings. The second-order valence-corrected chi connectivity index (χ2v) is 5.53. The average Bonchev–Trinajstić information content (AvgIpc) is 2.86. The molecule has 0 amide bonds. The van der Waals surface area contributed by atoms with E-state index < -0.39 is 0 Å². The summed E-state index contributed by atoms with van der Waals surface area (Å²) in [6.07, 6.45) is 1.84. The maximum Gasteiger partial charge on any atom is 0.0596 e. The lowest BCUT2D eigenvalue weighted by atomic mass is 10.0. The summed E-state index contributed by atoms with van der Waals surface area (Å²) in [5.74, 6) is 5.70. The number of halogens is 1. The Morgan fingerprint density at radius 3 is 2.72 bits per heavy atom. The topological polar surface area (TPSA) is 38.0 Å². The molecule has 1 unspecified atom stereocenters. The highest BCUT2D eigenvalue weighted by molar-refractivity contribution is 7.10. The van der Waals surface area contributed by atoms with Crippen molar-refractivity contribution in [3.63, 3.8) is 0 Å². The Bertz CT molecular complexity index is 510. The first kappa shape index (κ1) is 13.6. The maximum absolute atomic E-state index is 6.20. The van der Waals surface area contributed by atoms with Crippen molar-refractivity contribution < 1.29 is 0 Å². The molecule has 2 nitrogen and oxygen atoms in total. The van der Waals surface area contributed by atoms with Crippen molar-refractivity contribution in [2.45, 2.75) is 25.8 Å². The number of hydrogen-bond donors (Lipinski definition) is 2. The van der Waals surface area contributed by atoms with Gasteiger partial charge in [-0.25, -0.2) is 0 Å². The average molecular weight is 281 g/mol. The third-order valence-electron chi connectivity index (χ3n) is 3.06. The molecule has 3 N–H and O–H groups in total. The highest BCUT2D eigenvalue weighted by Gasteiger charge is 2.16. The van der Waals surface area contributed by atoms with Crippen LogP contribution >= 0.6 is 22.9 Å².